The number of nitro benzene ring substituents is 1. The minimum absolute atomic E-state index is 0.161. The Balaban J connectivity index is 3.44. The van der Waals surface area contributed by atoms with Crippen LogP contribution in [0, 0.1) is 10.1 Å². The van der Waals surface area contributed by atoms with Crippen LogP contribution in [0.4, 0.5) is 5.69 Å². The molecule has 0 heterocycles. The van der Waals surface area contributed by atoms with Crippen molar-refractivity contribution in [3.05, 3.63) is 27.8 Å². The van der Waals surface area contributed by atoms with Gasteiger partial charge in [-0.25, -0.2) is 0 Å². The van der Waals surface area contributed by atoms with Crippen molar-refractivity contribution >= 4 is 17.6 Å². The van der Waals surface area contributed by atoms with Crippen LogP contribution in [0.25, 0.3) is 0 Å². The lowest BCUT2D eigenvalue weighted by molar-refractivity contribution is -0.385. The number of methoxy groups -OCH3 is 4. The van der Waals surface area contributed by atoms with Gasteiger partial charge in [-0.3, -0.25) is 19.7 Å². The molecule has 0 bridgehead atoms. The van der Waals surface area contributed by atoms with Gasteiger partial charge >= 0.3 is 11.9 Å². The number of nitrogens with zero attached hydrogens (tertiary/aromatic N) is 1. The quantitative estimate of drug-likeness (QED) is 0.399. The summed E-state index contributed by atoms with van der Waals surface area (Å²) in [5.41, 5.74) is -0.126. The number of benzene rings is 1. The second-order valence-electron chi connectivity index (χ2n) is 4.78. The molecule has 24 heavy (non-hydrogen) atoms. The number of esters is 2. The highest BCUT2D eigenvalue weighted by molar-refractivity contribution is 5.75. The monoisotopic (exact) mass is 341 g/mol. The van der Waals surface area contributed by atoms with Crippen LogP contribution < -0.4 is 9.47 Å². The summed E-state index contributed by atoms with van der Waals surface area (Å²) >= 11 is 0. The molecule has 0 spiro atoms. The molecule has 0 aliphatic heterocycles. The first kappa shape index (κ1) is 19.2. The molecule has 1 aromatic carbocycles. The molecule has 0 aromatic heterocycles. The number of carbonyl (C=O) groups is 2. The highest BCUT2D eigenvalue weighted by atomic mass is 16.6. The zero-order valence-corrected chi connectivity index (χ0v) is 13.9. The van der Waals surface area contributed by atoms with Crippen LogP contribution in [0.2, 0.25) is 0 Å². The van der Waals surface area contributed by atoms with Crippen LogP contribution in [0.1, 0.15) is 24.3 Å². The van der Waals surface area contributed by atoms with E-state index in [0.717, 1.165) is 0 Å². The van der Waals surface area contributed by atoms with Crippen molar-refractivity contribution in [2.45, 2.75) is 18.8 Å². The molecule has 1 rings (SSSR count). The highest BCUT2D eigenvalue weighted by Crippen LogP contribution is 2.40. The highest BCUT2D eigenvalue weighted by Gasteiger charge is 2.29. The maximum atomic E-state index is 11.6. The van der Waals surface area contributed by atoms with Crippen LogP contribution in [-0.2, 0) is 19.1 Å². The molecule has 132 valence electrons. The maximum Gasteiger partial charge on any atom is 0.306 e. The molecule has 0 amide bonds. The van der Waals surface area contributed by atoms with Gasteiger partial charge in [-0.1, -0.05) is 0 Å². The fourth-order valence-electron chi connectivity index (χ4n) is 2.23. The van der Waals surface area contributed by atoms with Crippen molar-refractivity contribution in [3.63, 3.8) is 0 Å². The molecule has 0 saturated carbocycles. The summed E-state index contributed by atoms with van der Waals surface area (Å²) in [5, 5.41) is 11.4. The van der Waals surface area contributed by atoms with E-state index in [2.05, 4.69) is 9.47 Å². The molecule has 9 nitrogen and oxygen atoms in total. The zero-order chi connectivity index (χ0) is 18.3. The molecule has 0 radical (unpaired) electrons. The van der Waals surface area contributed by atoms with Gasteiger partial charge in [0.15, 0.2) is 11.5 Å². The predicted molar refractivity (Wildman–Crippen MR) is 82.2 cm³/mol. The smallest absolute Gasteiger partial charge is 0.306 e. The number of rotatable bonds is 8. The number of ether oxygens (including phenoxy) is 4. The van der Waals surface area contributed by atoms with Crippen molar-refractivity contribution in [2.24, 2.45) is 0 Å². The van der Waals surface area contributed by atoms with Gasteiger partial charge < -0.3 is 18.9 Å². The first-order chi connectivity index (χ1) is 11.4. The van der Waals surface area contributed by atoms with Crippen molar-refractivity contribution < 1.29 is 33.5 Å². The summed E-state index contributed by atoms with van der Waals surface area (Å²) in [6, 6.07) is 2.57. The van der Waals surface area contributed by atoms with E-state index in [0.29, 0.717) is 0 Å². The Kier molecular flexibility index (Phi) is 6.97. The molecule has 9 heteroatoms. The van der Waals surface area contributed by atoms with Gasteiger partial charge in [-0.2, -0.15) is 0 Å². The summed E-state index contributed by atoms with van der Waals surface area (Å²) in [6.45, 7) is 0. The Morgan fingerprint density at radius 3 is 1.83 bits per heavy atom. The van der Waals surface area contributed by atoms with E-state index in [9.17, 15) is 19.7 Å². The normalized spacial score (nSPS) is 10.2. The Morgan fingerprint density at radius 1 is 1.00 bits per heavy atom. The molecule has 0 aliphatic carbocycles. The molecule has 0 atom stereocenters. The van der Waals surface area contributed by atoms with Gasteiger partial charge in [0.05, 0.1) is 52.3 Å². The first-order valence-corrected chi connectivity index (χ1v) is 6.91. The molecule has 1 aromatic rings. The number of carbonyl (C=O) groups excluding carboxylic acids is 2. The third kappa shape index (κ3) is 4.58. The van der Waals surface area contributed by atoms with Crippen LogP contribution >= 0.6 is 0 Å². The van der Waals surface area contributed by atoms with Crippen LogP contribution in [0.3, 0.4) is 0 Å². The summed E-state index contributed by atoms with van der Waals surface area (Å²) in [5.74, 6) is -1.59. The fourth-order valence-corrected chi connectivity index (χ4v) is 2.23. The van der Waals surface area contributed by atoms with E-state index >= 15 is 0 Å². The van der Waals surface area contributed by atoms with E-state index in [4.69, 9.17) is 9.47 Å². The van der Waals surface area contributed by atoms with Crippen molar-refractivity contribution in [1.29, 1.82) is 0 Å². The van der Waals surface area contributed by atoms with E-state index < -0.39 is 22.8 Å². The van der Waals surface area contributed by atoms with Crippen LogP contribution in [0.5, 0.6) is 11.5 Å². The molecule has 0 aliphatic rings. The van der Waals surface area contributed by atoms with Gasteiger partial charge in [0.25, 0.3) is 5.69 Å². The lowest BCUT2D eigenvalue weighted by Gasteiger charge is -2.17. The van der Waals surface area contributed by atoms with E-state index in [-0.39, 0.29) is 35.6 Å². The van der Waals surface area contributed by atoms with Gasteiger partial charge in [0.1, 0.15) is 0 Å². The van der Waals surface area contributed by atoms with Gasteiger partial charge in [-0.15, -0.1) is 0 Å². The Labute approximate surface area is 138 Å². The number of hydrogen-bond acceptors (Lipinski definition) is 8. The third-order valence-corrected chi connectivity index (χ3v) is 3.45. The lowest BCUT2D eigenvalue weighted by Crippen LogP contribution is -2.15. The average molecular weight is 341 g/mol. The predicted octanol–water partition coefficient (Wildman–Crippen LogP) is 1.82. The SMILES string of the molecule is COC(=O)CC(CC(=O)OC)c1cc(OC)c(OC)cc1[N+](=O)[O-]. The second-order valence-corrected chi connectivity index (χ2v) is 4.78. The van der Waals surface area contributed by atoms with Crippen molar-refractivity contribution in [2.75, 3.05) is 28.4 Å². The van der Waals surface area contributed by atoms with Crippen molar-refractivity contribution in [1.82, 2.24) is 0 Å². The summed E-state index contributed by atoms with van der Waals surface area (Å²) < 4.78 is 19.4. The summed E-state index contributed by atoms with van der Waals surface area (Å²) in [4.78, 5) is 34.0. The molecule has 0 fully saturated rings. The number of nitro groups is 1. The minimum Gasteiger partial charge on any atom is -0.493 e. The van der Waals surface area contributed by atoms with Gasteiger partial charge in [-0.05, 0) is 6.07 Å². The standard InChI is InChI=1S/C15H19NO8/c1-21-12-7-10(11(16(19)20)8-13(12)22-2)9(5-14(17)23-3)6-15(18)24-4/h7-9H,5-6H2,1-4H3. The molecular formula is C15H19NO8. The van der Waals surface area contributed by atoms with Gasteiger partial charge in [0, 0.05) is 11.5 Å². The second kappa shape index (κ2) is 8.70. The number of hydrogen-bond donors (Lipinski definition) is 0. The third-order valence-electron chi connectivity index (χ3n) is 3.45. The minimum atomic E-state index is -0.801. The zero-order valence-electron chi connectivity index (χ0n) is 13.9. The molecular weight excluding hydrogens is 322 g/mol. The molecule has 0 N–H and O–H groups in total. The summed E-state index contributed by atoms with van der Waals surface area (Å²) in [6.07, 6.45) is -0.441. The largest absolute Gasteiger partial charge is 0.493 e. The van der Waals surface area contributed by atoms with Crippen molar-refractivity contribution in [3.8, 4) is 11.5 Å². The average Bonchev–Trinajstić information content (AvgIpc) is 2.59. The lowest BCUT2D eigenvalue weighted by atomic mass is 9.90. The van der Waals surface area contributed by atoms with Crippen LogP contribution in [0.15, 0.2) is 12.1 Å². The fraction of sp³-hybridized carbons (Fsp3) is 0.467. The van der Waals surface area contributed by atoms with E-state index in [1.165, 1.54) is 40.6 Å². The maximum absolute atomic E-state index is 11.6. The Morgan fingerprint density at radius 2 is 1.46 bits per heavy atom. The Hall–Kier alpha value is -2.84. The van der Waals surface area contributed by atoms with E-state index in [1.807, 2.05) is 0 Å². The molecule has 0 unspecified atom stereocenters. The van der Waals surface area contributed by atoms with E-state index in [1.54, 1.807) is 0 Å². The Bertz CT molecular complexity index is 610. The first-order valence-electron chi connectivity index (χ1n) is 6.91. The van der Waals surface area contributed by atoms with Crippen LogP contribution in [-0.4, -0.2) is 45.3 Å². The van der Waals surface area contributed by atoms with Gasteiger partial charge in [0.2, 0.25) is 0 Å². The summed E-state index contributed by atoms with van der Waals surface area (Å²) in [7, 11) is 5.12. The topological polar surface area (TPSA) is 114 Å². The molecule has 0 saturated heterocycles.